The summed E-state index contributed by atoms with van der Waals surface area (Å²) in [5.41, 5.74) is 1.75. The van der Waals surface area contributed by atoms with Gasteiger partial charge in [0.1, 0.15) is 10.5 Å². The first-order valence-corrected chi connectivity index (χ1v) is 9.09. The lowest BCUT2D eigenvalue weighted by molar-refractivity contribution is -0.372. The summed E-state index contributed by atoms with van der Waals surface area (Å²) < 4.78 is 19.3. The minimum Gasteiger partial charge on any atom is -0.378 e. The molecule has 3 aromatic rings. The summed E-state index contributed by atoms with van der Waals surface area (Å²) in [5, 5.41) is 1.38. The van der Waals surface area contributed by atoms with E-state index in [0.29, 0.717) is 36.3 Å². The first-order valence-electron chi connectivity index (χ1n) is 7.90. The molecule has 4 rings (SSSR count). The van der Waals surface area contributed by atoms with Gasteiger partial charge in [-0.25, -0.2) is 4.39 Å². The number of morpholine rings is 1. The van der Waals surface area contributed by atoms with Gasteiger partial charge < -0.3 is 9.64 Å². The Morgan fingerprint density at radius 1 is 1.24 bits per heavy atom. The lowest BCUT2D eigenvalue weighted by atomic mass is 10.0. The molecule has 1 N–H and O–H groups in total. The summed E-state index contributed by atoms with van der Waals surface area (Å²) in [6, 6.07) is 8.14. The first kappa shape index (κ1) is 16.4. The van der Waals surface area contributed by atoms with Gasteiger partial charge in [-0.1, -0.05) is 12.1 Å². The van der Waals surface area contributed by atoms with Crippen LogP contribution >= 0.6 is 22.9 Å². The third-order valence-electron chi connectivity index (χ3n) is 4.23. The van der Waals surface area contributed by atoms with Crippen molar-refractivity contribution in [2.75, 3.05) is 26.3 Å². The van der Waals surface area contributed by atoms with Crippen molar-refractivity contribution in [3.05, 3.63) is 52.4 Å². The molecular formula is C18H15ClFN2O2S+. The van der Waals surface area contributed by atoms with Gasteiger partial charge in [-0.15, -0.1) is 11.3 Å². The molecule has 0 unspecified atom stereocenters. The number of aromatic amines is 1. The molecule has 25 heavy (non-hydrogen) atoms. The molecule has 3 heterocycles. The number of carbonyl (C=O) groups excluding carboxylic acids is 1. The van der Waals surface area contributed by atoms with Crippen molar-refractivity contribution < 1.29 is 18.9 Å². The number of H-pyrrole nitrogens is 1. The van der Waals surface area contributed by atoms with E-state index in [4.69, 9.17) is 16.3 Å². The van der Waals surface area contributed by atoms with Crippen molar-refractivity contribution in [1.29, 1.82) is 0 Å². The second kappa shape index (κ2) is 6.71. The highest BCUT2D eigenvalue weighted by Gasteiger charge is 2.23. The molecule has 1 saturated heterocycles. The van der Waals surface area contributed by atoms with Crippen molar-refractivity contribution in [3.8, 4) is 11.1 Å². The fourth-order valence-electron chi connectivity index (χ4n) is 2.93. The van der Waals surface area contributed by atoms with Gasteiger partial charge in [0.05, 0.1) is 23.7 Å². The average molecular weight is 378 g/mol. The fourth-order valence-corrected chi connectivity index (χ4v) is 4.24. The molecule has 0 radical (unpaired) electrons. The number of ether oxygens (including phenoxy) is 1. The van der Waals surface area contributed by atoms with Gasteiger partial charge in [0.2, 0.25) is 0 Å². The van der Waals surface area contributed by atoms with Crippen LogP contribution in [0.1, 0.15) is 9.67 Å². The summed E-state index contributed by atoms with van der Waals surface area (Å²) in [6.07, 6.45) is 1.79. The van der Waals surface area contributed by atoms with E-state index >= 15 is 0 Å². The molecule has 1 aliphatic heterocycles. The second-order valence-electron chi connectivity index (χ2n) is 5.78. The van der Waals surface area contributed by atoms with Crippen molar-refractivity contribution in [2.45, 2.75) is 0 Å². The SMILES string of the molecule is O=C(c1cc2c(-c3ccc(F)cc3)c[nH+]c(Cl)c2s1)N1CCOCC1. The Labute approximate surface area is 152 Å². The van der Waals surface area contributed by atoms with E-state index in [2.05, 4.69) is 4.98 Å². The molecule has 0 spiro atoms. The maximum absolute atomic E-state index is 13.2. The number of pyridine rings is 1. The second-order valence-corrected chi connectivity index (χ2v) is 7.21. The van der Waals surface area contributed by atoms with Crippen LogP contribution in [0.3, 0.4) is 0 Å². The number of amides is 1. The highest BCUT2D eigenvalue weighted by Crippen LogP contribution is 2.36. The Kier molecular flexibility index (Phi) is 4.41. The van der Waals surface area contributed by atoms with Crippen LogP contribution < -0.4 is 4.98 Å². The normalized spacial score (nSPS) is 14.9. The summed E-state index contributed by atoms with van der Waals surface area (Å²) in [5.74, 6) is -0.294. The molecule has 1 aromatic carbocycles. The van der Waals surface area contributed by atoms with E-state index in [1.807, 2.05) is 6.07 Å². The first-order chi connectivity index (χ1) is 12.1. The summed E-state index contributed by atoms with van der Waals surface area (Å²) in [4.78, 5) is 18.2. The average Bonchev–Trinajstić information content (AvgIpc) is 3.09. The van der Waals surface area contributed by atoms with Crippen LogP contribution in [-0.2, 0) is 4.74 Å². The van der Waals surface area contributed by atoms with Crippen molar-refractivity contribution in [1.82, 2.24) is 4.90 Å². The molecule has 0 bridgehead atoms. The van der Waals surface area contributed by atoms with Crippen LogP contribution in [0.2, 0.25) is 5.15 Å². The number of hydrogen-bond acceptors (Lipinski definition) is 3. The molecule has 0 saturated carbocycles. The number of rotatable bonds is 2. The van der Waals surface area contributed by atoms with E-state index in [9.17, 15) is 9.18 Å². The smallest absolute Gasteiger partial charge is 0.291 e. The van der Waals surface area contributed by atoms with Gasteiger partial charge >= 0.3 is 0 Å². The van der Waals surface area contributed by atoms with Gasteiger partial charge in [0.25, 0.3) is 11.1 Å². The Balaban J connectivity index is 1.79. The number of benzene rings is 1. The highest BCUT2D eigenvalue weighted by atomic mass is 35.5. The van der Waals surface area contributed by atoms with Gasteiger partial charge in [0.15, 0.2) is 6.20 Å². The molecule has 0 atom stereocenters. The molecule has 1 aliphatic rings. The summed E-state index contributed by atoms with van der Waals surface area (Å²) in [6.45, 7) is 2.31. The van der Waals surface area contributed by atoms with Gasteiger partial charge in [-0.2, -0.15) is 4.98 Å². The van der Waals surface area contributed by atoms with Crippen molar-refractivity contribution >= 4 is 38.9 Å². The number of aromatic nitrogens is 1. The maximum Gasteiger partial charge on any atom is 0.291 e. The van der Waals surface area contributed by atoms with Crippen LogP contribution in [0.5, 0.6) is 0 Å². The Bertz CT molecular complexity index is 936. The van der Waals surface area contributed by atoms with E-state index in [1.54, 1.807) is 23.2 Å². The largest absolute Gasteiger partial charge is 0.378 e. The minimum absolute atomic E-state index is 0.00868. The monoisotopic (exact) mass is 377 g/mol. The quantitative estimate of drug-likeness (QED) is 0.640. The van der Waals surface area contributed by atoms with Gasteiger partial charge in [-0.3, -0.25) is 4.79 Å². The molecule has 7 heteroatoms. The lowest BCUT2D eigenvalue weighted by Crippen LogP contribution is -2.40. The molecule has 4 nitrogen and oxygen atoms in total. The molecule has 2 aromatic heterocycles. The number of halogens is 2. The predicted octanol–water partition coefficient (Wildman–Crippen LogP) is 3.65. The van der Waals surface area contributed by atoms with Crippen LogP contribution in [0.25, 0.3) is 21.2 Å². The molecule has 0 aliphatic carbocycles. The van der Waals surface area contributed by atoms with Crippen LogP contribution in [0, 0.1) is 5.82 Å². The Hall–Kier alpha value is -2.02. The van der Waals surface area contributed by atoms with Gasteiger partial charge in [0, 0.05) is 18.5 Å². The third kappa shape index (κ3) is 3.13. The molecular weight excluding hydrogens is 363 g/mol. The fraction of sp³-hybridized carbons (Fsp3) is 0.222. The van der Waals surface area contributed by atoms with E-state index in [1.165, 1.54) is 23.5 Å². The number of hydrogen-bond donors (Lipinski definition) is 0. The zero-order valence-corrected chi connectivity index (χ0v) is 14.8. The zero-order valence-electron chi connectivity index (χ0n) is 13.2. The van der Waals surface area contributed by atoms with E-state index in [0.717, 1.165) is 21.2 Å². The number of fused-ring (bicyclic) bond motifs is 1. The molecule has 128 valence electrons. The molecule has 1 amide bonds. The third-order valence-corrected chi connectivity index (χ3v) is 5.78. The van der Waals surface area contributed by atoms with Gasteiger partial charge in [-0.05, 0) is 35.4 Å². The topological polar surface area (TPSA) is 43.7 Å². The lowest BCUT2D eigenvalue weighted by Gasteiger charge is -2.26. The number of thiophene rings is 1. The standard InChI is InChI=1S/C18H14ClFN2O2S/c19-17-16-13(14(10-21-17)11-1-3-12(20)4-2-11)9-15(25-16)18(23)22-5-7-24-8-6-22/h1-4,9-10H,5-8H2/p+1. The number of carbonyl (C=O) groups is 1. The number of nitrogens with one attached hydrogen (secondary N) is 1. The summed E-state index contributed by atoms with van der Waals surface area (Å²) in [7, 11) is 0. The molecule has 1 fully saturated rings. The Morgan fingerprint density at radius 3 is 2.68 bits per heavy atom. The van der Waals surface area contributed by atoms with Crippen LogP contribution in [0.15, 0.2) is 36.5 Å². The van der Waals surface area contributed by atoms with E-state index in [-0.39, 0.29) is 11.7 Å². The zero-order chi connectivity index (χ0) is 17.4. The number of nitrogens with zero attached hydrogens (tertiary/aromatic N) is 1. The van der Waals surface area contributed by atoms with Crippen LogP contribution in [0.4, 0.5) is 4.39 Å². The maximum atomic E-state index is 13.2. The highest BCUT2D eigenvalue weighted by molar-refractivity contribution is 7.21. The van der Waals surface area contributed by atoms with E-state index < -0.39 is 0 Å². The van der Waals surface area contributed by atoms with Crippen molar-refractivity contribution in [2.24, 2.45) is 0 Å². The van der Waals surface area contributed by atoms with Crippen LogP contribution in [-0.4, -0.2) is 37.1 Å². The predicted molar refractivity (Wildman–Crippen MR) is 95.5 cm³/mol. The summed E-state index contributed by atoms with van der Waals surface area (Å²) >= 11 is 7.66. The Morgan fingerprint density at radius 2 is 1.96 bits per heavy atom. The minimum atomic E-state index is -0.286. The van der Waals surface area contributed by atoms with Crippen molar-refractivity contribution in [3.63, 3.8) is 0 Å².